The van der Waals surface area contributed by atoms with Crippen LogP contribution in [-0.2, 0) is 22.7 Å². The predicted octanol–water partition coefficient (Wildman–Crippen LogP) is 4.31. The van der Waals surface area contributed by atoms with Crippen molar-refractivity contribution in [3.05, 3.63) is 86.1 Å². The summed E-state index contributed by atoms with van der Waals surface area (Å²) in [6.07, 6.45) is 0.944. The van der Waals surface area contributed by atoms with Crippen molar-refractivity contribution in [2.24, 2.45) is 0 Å². The molecule has 0 atom stereocenters. The number of hydrogen-bond donors (Lipinski definition) is 2. The maximum Gasteiger partial charge on any atom is 0.343 e. The van der Waals surface area contributed by atoms with Crippen LogP contribution in [0.3, 0.4) is 0 Å². The number of anilines is 1. The quantitative estimate of drug-likeness (QED) is 0.293. The number of rotatable bonds is 8. The number of halogens is 2. The van der Waals surface area contributed by atoms with E-state index in [2.05, 4.69) is 15.6 Å². The molecule has 1 fully saturated rings. The molecule has 1 saturated heterocycles. The molecule has 2 amide bonds. The topological polar surface area (TPSA) is 107 Å². The summed E-state index contributed by atoms with van der Waals surface area (Å²) in [6, 6.07) is 9.62. The number of aromatic nitrogens is 2. The van der Waals surface area contributed by atoms with E-state index in [9.17, 15) is 23.2 Å². The van der Waals surface area contributed by atoms with Gasteiger partial charge in [-0.15, -0.1) is 11.3 Å². The molecule has 0 aliphatic carbocycles. The monoisotopic (exact) mass is 599 g/mol. The van der Waals surface area contributed by atoms with Crippen LogP contribution in [0.2, 0.25) is 0 Å². The fraction of sp³-hybridized carbons (Fsp3) is 0.345. The lowest BCUT2D eigenvalue weighted by Gasteiger charge is -2.25. The molecule has 1 aliphatic rings. The number of benzene rings is 2. The molecular formula is C29H31F2N5O5S. The molecule has 5 rings (SSSR count). The van der Waals surface area contributed by atoms with Crippen molar-refractivity contribution < 1.29 is 23.1 Å². The molecule has 4 aromatic rings. The molecule has 0 radical (unpaired) electrons. The summed E-state index contributed by atoms with van der Waals surface area (Å²) in [4.78, 5) is 47.6. The Bertz CT molecular complexity index is 1710. The number of hydroxylamine groups is 1. The van der Waals surface area contributed by atoms with Crippen molar-refractivity contribution in [2.75, 3.05) is 39.7 Å². The van der Waals surface area contributed by atoms with E-state index in [0.29, 0.717) is 54.1 Å². The minimum atomic E-state index is -0.773. The lowest BCUT2D eigenvalue weighted by molar-refractivity contribution is 0.0672. The van der Waals surface area contributed by atoms with Gasteiger partial charge in [0.2, 0.25) is 0 Å². The maximum absolute atomic E-state index is 14.8. The van der Waals surface area contributed by atoms with E-state index in [-0.39, 0.29) is 12.1 Å². The molecule has 1 aliphatic heterocycles. The van der Waals surface area contributed by atoms with Gasteiger partial charge < -0.3 is 15.0 Å². The van der Waals surface area contributed by atoms with Crippen LogP contribution in [0.4, 0.5) is 19.3 Å². The Morgan fingerprint density at radius 2 is 1.74 bits per heavy atom. The number of urea groups is 1. The van der Waals surface area contributed by atoms with Gasteiger partial charge in [0.1, 0.15) is 16.5 Å². The van der Waals surface area contributed by atoms with Crippen molar-refractivity contribution >= 4 is 33.3 Å². The number of amides is 2. The Hall–Kier alpha value is -3.91. The standard InChI is InChI=1S/C29H31F2N5O5S/c1-34(2)15-21-24-26(37)36(19-11-13-41-14-12-19)29(39)35(16-20-22(30)5-4-6-23(20)31)27(24)42-25(21)17-7-9-18(10-8-17)32-28(38)33-40-3/h4-10,19H,11-16H2,1-3H3,(H2,32,33,38). The highest BCUT2D eigenvalue weighted by Gasteiger charge is 2.28. The molecule has 2 aromatic carbocycles. The summed E-state index contributed by atoms with van der Waals surface area (Å²) in [6.45, 7) is 0.800. The van der Waals surface area contributed by atoms with Crippen LogP contribution in [0.1, 0.15) is 30.0 Å². The summed E-state index contributed by atoms with van der Waals surface area (Å²) in [5.74, 6) is -1.55. The highest BCUT2D eigenvalue weighted by Crippen LogP contribution is 2.38. The number of carbonyl (C=O) groups is 1. The average Bonchev–Trinajstić information content (AvgIpc) is 3.32. The second-order valence-electron chi connectivity index (χ2n) is 10.3. The first-order valence-corrected chi connectivity index (χ1v) is 14.2. The number of nitrogens with one attached hydrogen (secondary N) is 2. The normalized spacial score (nSPS) is 14.0. The third kappa shape index (κ3) is 5.86. The Labute approximate surface area is 244 Å². The zero-order chi connectivity index (χ0) is 30.0. The smallest absolute Gasteiger partial charge is 0.343 e. The van der Waals surface area contributed by atoms with Gasteiger partial charge in [-0.05, 0) is 62.3 Å². The molecule has 42 heavy (non-hydrogen) atoms. The Balaban J connectivity index is 1.74. The van der Waals surface area contributed by atoms with Gasteiger partial charge in [-0.1, -0.05) is 18.2 Å². The van der Waals surface area contributed by atoms with Crippen LogP contribution in [-0.4, -0.2) is 54.5 Å². The highest BCUT2D eigenvalue weighted by atomic mass is 32.1. The SMILES string of the molecule is CONC(=O)Nc1ccc(-c2sc3c(c2CN(C)C)c(=O)n(C2CCOCC2)c(=O)n3Cc2c(F)cccc2F)cc1. The average molecular weight is 600 g/mol. The molecule has 2 N–H and O–H groups in total. The molecule has 0 saturated carbocycles. The minimum Gasteiger partial charge on any atom is -0.381 e. The molecule has 222 valence electrons. The molecule has 0 spiro atoms. The molecule has 10 nitrogen and oxygen atoms in total. The zero-order valence-corrected chi connectivity index (χ0v) is 24.2. The molecular weight excluding hydrogens is 568 g/mol. The maximum atomic E-state index is 14.8. The highest BCUT2D eigenvalue weighted by molar-refractivity contribution is 7.22. The number of carbonyl (C=O) groups excluding carboxylic acids is 1. The van der Waals surface area contributed by atoms with Crippen LogP contribution < -0.4 is 22.0 Å². The lowest BCUT2D eigenvalue weighted by atomic mass is 10.1. The zero-order valence-electron chi connectivity index (χ0n) is 23.4. The number of nitrogens with zero attached hydrogens (tertiary/aromatic N) is 3. The van der Waals surface area contributed by atoms with Crippen molar-refractivity contribution in [3.8, 4) is 10.4 Å². The van der Waals surface area contributed by atoms with Gasteiger partial charge in [-0.3, -0.25) is 18.8 Å². The Kier molecular flexibility index (Phi) is 8.82. The van der Waals surface area contributed by atoms with E-state index < -0.39 is 35.0 Å². The number of hydrogen-bond acceptors (Lipinski definition) is 7. The van der Waals surface area contributed by atoms with Crippen molar-refractivity contribution in [1.82, 2.24) is 19.5 Å². The van der Waals surface area contributed by atoms with Gasteiger partial charge >= 0.3 is 11.7 Å². The number of thiophene rings is 1. The Morgan fingerprint density at radius 1 is 1.07 bits per heavy atom. The fourth-order valence-electron chi connectivity index (χ4n) is 5.19. The first kappa shape index (κ1) is 29.6. The van der Waals surface area contributed by atoms with Gasteiger partial charge in [0, 0.05) is 41.9 Å². The summed E-state index contributed by atoms with van der Waals surface area (Å²) in [7, 11) is 5.07. The summed E-state index contributed by atoms with van der Waals surface area (Å²) < 4.78 is 37.6. The third-order valence-electron chi connectivity index (χ3n) is 7.11. The predicted molar refractivity (Wildman–Crippen MR) is 157 cm³/mol. The fourth-order valence-corrected chi connectivity index (χ4v) is 6.49. The van der Waals surface area contributed by atoms with Crippen LogP contribution >= 0.6 is 11.3 Å². The molecule has 3 heterocycles. The van der Waals surface area contributed by atoms with Gasteiger partial charge in [-0.25, -0.2) is 23.9 Å². The molecule has 0 bridgehead atoms. The number of ether oxygens (including phenoxy) is 1. The van der Waals surface area contributed by atoms with E-state index in [1.807, 2.05) is 19.0 Å². The second-order valence-corrected chi connectivity index (χ2v) is 11.3. The van der Waals surface area contributed by atoms with Crippen LogP contribution in [0.15, 0.2) is 52.1 Å². The largest absolute Gasteiger partial charge is 0.381 e. The summed E-state index contributed by atoms with van der Waals surface area (Å²) in [5.41, 5.74) is 2.84. The first-order chi connectivity index (χ1) is 20.2. The van der Waals surface area contributed by atoms with Crippen LogP contribution in [0, 0.1) is 11.6 Å². The lowest BCUT2D eigenvalue weighted by Crippen LogP contribution is -2.44. The van der Waals surface area contributed by atoms with E-state index in [1.54, 1.807) is 24.3 Å². The van der Waals surface area contributed by atoms with Crippen molar-refractivity contribution in [2.45, 2.75) is 32.0 Å². The first-order valence-electron chi connectivity index (χ1n) is 13.4. The van der Waals surface area contributed by atoms with Gasteiger partial charge in [0.15, 0.2) is 0 Å². The molecule has 0 unspecified atom stereocenters. The van der Waals surface area contributed by atoms with Crippen molar-refractivity contribution in [1.29, 1.82) is 0 Å². The van der Waals surface area contributed by atoms with E-state index in [4.69, 9.17) is 4.74 Å². The summed E-state index contributed by atoms with van der Waals surface area (Å²) >= 11 is 1.22. The third-order valence-corrected chi connectivity index (χ3v) is 8.42. The van der Waals surface area contributed by atoms with E-state index in [0.717, 1.165) is 22.6 Å². The van der Waals surface area contributed by atoms with Gasteiger partial charge in [-0.2, -0.15) is 0 Å². The molecule has 2 aromatic heterocycles. The molecule has 13 heteroatoms. The Morgan fingerprint density at radius 3 is 2.36 bits per heavy atom. The van der Waals surface area contributed by atoms with Gasteiger partial charge in [0.25, 0.3) is 5.56 Å². The van der Waals surface area contributed by atoms with E-state index in [1.165, 1.54) is 33.6 Å². The van der Waals surface area contributed by atoms with Gasteiger partial charge in [0.05, 0.1) is 19.0 Å². The number of fused-ring (bicyclic) bond motifs is 1. The van der Waals surface area contributed by atoms with Crippen LogP contribution in [0.25, 0.3) is 20.7 Å². The minimum absolute atomic E-state index is 0.257. The van der Waals surface area contributed by atoms with Crippen LogP contribution in [0.5, 0.6) is 0 Å². The van der Waals surface area contributed by atoms with E-state index >= 15 is 0 Å². The second kappa shape index (κ2) is 12.5. The van der Waals surface area contributed by atoms with Crippen molar-refractivity contribution in [3.63, 3.8) is 0 Å². The summed E-state index contributed by atoms with van der Waals surface area (Å²) in [5, 5.41) is 2.98.